The lowest BCUT2D eigenvalue weighted by atomic mass is 9.72. The first kappa shape index (κ1) is 18.3. The minimum atomic E-state index is -0.306. The molecule has 0 radical (unpaired) electrons. The van der Waals surface area contributed by atoms with Gasteiger partial charge in [0.05, 0.1) is 5.57 Å². The Morgan fingerprint density at radius 1 is 0.926 bits per heavy atom. The molecule has 1 N–H and O–H groups in total. The Morgan fingerprint density at radius 2 is 1.52 bits per heavy atom. The van der Waals surface area contributed by atoms with Gasteiger partial charge in [0.2, 0.25) is 0 Å². The van der Waals surface area contributed by atoms with Gasteiger partial charge in [-0.15, -0.1) is 0 Å². The van der Waals surface area contributed by atoms with Crippen LogP contribution in [-0.4, -0.2) is 10.9 Å². The van der Waals surface area contributed by atoms with Crippen molar-refractivity contribution in [1.82, 2.24) is 0 Å². The van der Waals surface area contributed by atoms with E-state index in [1.165, 1.54) is 6.42 Å². The second kappa shape index (κ2) is 6.83. The molecule has 0 aliphatic heterocycles. The maximum atomic E-state index is 12.9. The number of allylic oxidation sites excluding steroid dienone is 2. The van der Waals surface area contributed by atoms with Crippen LogP contribution in [0.4, 0.5) is 0 Å². The smallest absolute Gasteiger partial charge is 0.167 e. The lowest BCUT2D eigenvalue weighted by Crippen LogP contribution is -2.24. The highest BCUT2D eigenvalue weighted by Crippen LogP contribution is 2.52. The summed E-state index contributed by atoms with van der Waals surface area (Å²) in [7, 11) is 0. The van der Waals surface area contributed by atoms with E-state index in [2.05, 4.69) is 19.1 Å². The first-order valence-corrected chi connectivity index (χ1v) is 10.1. The fourth-order valence-electron chi connectivity index (χ4n) is 4.82. The summed E-state index contributed by atoms with van der Waals surface area (Å²) in [6, 6.07) is 12.0. The predicted molar refractivity (Wildman–Crippen MR) is 111 cm³/mol. The van der Waals surface area contributed by atoms with Crippen LogP contribution >= 0.6 is 11.6 Å². The van der Waals surface area contributed by atoms with Gasteiger partial charge in [-0.3, -0.25) is 4.79 Å². The van der Waals surface area contributed by atoms with Crippen LogP contribution in [-0.2, 0) is 4.79 Å². The molecule has 0 heterocycles. The zero-order chi connectivity index (χ0) is 19.2. The van der Waals surface area contributed by atoms with Gasteiger partial charge in [0.25, 0.3) is 0 Å². The number of carbonyl (C=O) groups excluding carboxylic acids is 1. The summed E-state index contributed by atoms with van der Waals surface area (Å²) in [5.74, 6) is 0.435. The Labute approximate surface area is 165 Å². The predicted octanol–water partition coefficient (Wildman–Crippen LogP) is 6.82. The number of halogens is 1. The minimum absolute atomic E-state index is 0.0937. The van der Waals surface area contributed by atoms with Crippen LogP contribution in [0.3, 0.4) is 0 Å². The molecule has 0 saturated heterocycles. The van der Waals surface area contributed by atoms with E-state index >= 15 is 0 Å². The Bertz CT molecular complexity index is 932. The number of hydrogen-bond donors (Lipinski definition) is 1. The van der Waals surface area contributed by atoms with Gasteiger partial charge < -0.3 is 5.11 Å². The van der Waals surface area contributed by atoms with Crippen molar-refractivity contribution < 1.29 is 9.90 Å². The summed E-state index contributed by atoms with van der Waals surface area (Å²) in [5, 5.41) is 11.8. The lowest BCUT2D eigenvalue weighted by molar-refractivity contribution is -0.114. The maximum Gasteiger partial charge on any atom is 0.167 e. The van der Waals surface area contributed by atoms with E-state index in [0.717, 1.165) is 53.5 Å². The SMILES string of the molecule is Cc1cc(-c2ccc(Cl)cc2)c(C)cc1C1=C(O)C2(CCCCC2)CC1=O. The fraction of sp³-hybridized carbons (Fsp3) is 0.375. The summed E-state index contributed by atoms with van der Waals surface area (Å²) in [6.07, 6.45) is 5.71. The van der Waals surface area contributed by atoms with Gasteiger partial charge in [-0.05, 0) is 66.6 Å². The van der Waals surface area contributed by atoms with Crippen molar-refractivity contribution >= 4 is 23.0 Å². The zero-order valence-electron chi connectivity index (χ0n) is 15.9. The minimum Gasteiger partial charge on any atom is -0.511 e. The van der Waals surface area contributed by atoms with E-state index in [1.807, 2.05) is 31.2 Å². The summed E-state index contributed by atoms with van der Waals surface area (Å²) in [4.78, 5) is 12.9. The Hall–Kier alpha value is -2.06. The summed E-state index contributed by atoms with van der Waals surface area (Å²) >= 11 is 6.01. The van der Waals surface area contributed by atoms with Gasteiger partial charge in [0.15, 0.2) is 5.78 Å². The van der Waals surface area contributed by atoms with Crippen LogP contribution in [0.5, 0.6) is 0 Å². The number of Topliss-reactive ketones (excluding diaryl/α,β-unsaturated/α-hetero) is 1. The second-order valence-electron chi connectivity index (χ2n) is 8.15. The highest BCUT2D eigenvalue weighted by Gasteiger charge is 2.46. The molecule has 3 heteroatoms. The lowest BCUT2D eigenvalue weighted by Gasteiger charge is -2.32. The van der Waals surface area contributed by atoms with Crippen LogP contribution in [0.1, 0.15) is 55.2 Å². The molecule has 1 fully saturated rings. The molecule has 1 spiro atoms. The van der Waals surface area contributed by atoms with E-state index in [1.54, 1.807) is 0 Å². The van der Waals surface area contributed by atoms with Crippen LogP contribution in [0.15, 0.2) is 42.2 Å². The highest BCUT2D eigenvalue weighted by atomic mass is 35.5. The molecule has 1 saturated carbocycles. The zero-order valence-corrected chi connectivity index (χ0v) is 16.7. The maximum absolute atomic E-state index is 12.9. The van der Waals surface area contributed by atoms with Gasteiger partial charge in [-0.25, -0.2) is 0 Å². The van der Waals surface area contributed by atoms with E-state index < -0.39 is 0 Å². The number of aliphatic hydroxyl groups excluding tert-OH is 1. The number of hydrogen-bond acceptors (Lipinski definition) is 2. The first-order chi connectivity index (χ1) is 12.9. The Balaban J connectivity index is 1.79. The Kier molecular flexibility index (Phi) is 4.63. The summed E-state index contributed by atoms with van der Waals surface area (Å²) in [6.45, 7) is 4.08. The third-order valence-corrected chi connectivity index (χ3v) is 6.58. The van der Waals surface area contributed by atoms with Gasteiger partial charge in [-0.1, -0.05) is 55.1 Å². The molecular formula is C24H25ClO2. The van der Waals surface area contributed by atoms with Crippen molar-refractivity contribution in [1.29, 1.82) is 0 Å². The number of aryl methyl sites for hydroxylation is 2. The molecule has 140 valence electrons. The number of ketones is 1. The summed E-state index contributed by atoms with van der Waals surface area (Å²) in [5.41, 5.74) is 5.48. The van der Waals surface area contributed by atoms with Crippen LogP contribution in [0.25, 0.3) is 16.7 Å². The largest absolute Gasteiger partial charge is 0.511 e. The van der Waals surface area contributed by atoms with Gasteiger partial charge in [0.1, 0.15) is 5.76 Å². The molecule has 4 rings (SSSR count). The summed E-state index contributed by atoms with van der Waals surface area (Å²) < 4.78 is 0. The highest BCUT2D eigenvalue weighted by molar-refractivity contribution is 6.30. The average molecular weight is 381 g/mol. The first-order valence-electron chi connectivity index (χ1n) is 9.76. The van der Waals surface area contributed by atoms with Gasteiger partial charge in [0, 0.05) is 16.9 Å². The normalized spacial score (nSPS) is 19.1. The topological polar surface area (TPSA) is 37.3 Å². The van der Waals surface area contributed by atoms with Crippen molar-refractivity contribution in [2.75, 3.05) is 0 Å². The van der Waals surface area contributed by atoms with Crippen molar-refractivity contribution in [3.63, 3.8) is 0 Å². The molecule has 0 atom stereocenters. The van der Waals surface area contributed by atoms with Crippen molar-refractivity contribution in [3.8, 4) is 11.1 Å². The van der Waals surface area contributed by atoms with E-state index in [0.29, 0.717) is 22.8 Å². The molecule has 2 nitrogen and oxygen atoms in total. The van der Waals surface area contributed by atoms with Crippen molar-refractivity contribution in [3.05, 3.63) is 63.9 Å². The fourth-order valence-corrected chi connectivity index (χ4v) is 4.95. The Morgan fingerprint density at radius 3 is 2.19 bits per heavy atom. The monoisotopic (exact) mass is 380 g/mol. The van der Waals surface area contributed by atoms with Crippen molar-refractivity contribution in [2.24, 2.45) is 5.41 Å². The molecule has 0 aromatic heterocycles. The molecule has 2 aromatic rings. The van der Waals surface area contributed by atoms with Crippen molar-refractivity contribution in [2.45, 2.75) is 52.4 Å². The molecular weight excluding hydrogens is 356 g/mol. The molecule has 0 unspecified atom stereocenters. The molecule has 2 aromatic carbocycles. The molecule has 0 amide bonds. The standard InChI is InChI=1S/C24H25ClO2/c1-15-13-20(16(2)12-19(15)17-6-8-18(25)9-7-17)22-21(26)14-24(23(22)27)10-4-3-5-11-24/h6-9,12-13,27H,3-5,10-11,14H2,1-2H3. The van der Waals surface area contributed by atoms with E-state index in [9.17, 15) is 9.90 Å². The third kappa shape index (κ3) is 3.10. The molecule has 2 aliphatic rings. The van der Waals surface area contributed by atoms with Crippen LogP contribution in [0.2, 0.25) is 5.02 Å². The number of carbonyl (C=O) groups is 1. The molecule has 0 bridgehead atoms. The van der Waals surface area contributed by atoms with E-state index in [4.69, 9.17) is 11.6 Å². The van der Waals surface area contributed by atoms with Crippen LogP contribution < -0.4 is 0 Å². The van der Waals surface area contributed by atoms with Gasteiger partial charge in [-0.2, -0.15) is 0 Å². The average Bonchev–Trinajstić information content (AvgIpc) is 2.88. The quantitative estimate of drug-likeness (QED) is 0.620. The number of benzene rings is 2. The molecule has 27 heavy (non-hydrogen) atoms. The second-order valence-corrected chi connectivity index (χ2v) is 8.59. The van der Waals surface area contributed by atoms with Crippen LogP contribution in [0, 0.1) is 19.3 Å². The molecule has 2 aliphatic carbocycles. The van der Waals surface area contributed by atoms with Gasteiger partial charge >= 0.3 is 0 Å². The number of aliphatic hydroxyl groups is 1. The van der Waals surface area contributed by atoms with E-state index in [-0.39, 0.29) is 11.2 Å². The number of rotatable bonds is 2. The third-order valence-electron chi connectivity index (χ3n) is 6.32.